The molecule has 204 valence electrons. The van der Waals surface area contributed by atoms with Crippen molar-refractivity contribution in [2.75, 3.05) is 13.1 Å². The molecule has 0 atom stereocenters. The molecule has 2 aliphatic rings. The van der Waals surface area contributed by atoms with Crippen molar-refractivity contribution in [1.29, 1.82) is 0 Å². The van der Waals surface area contributed by atoms with Gasteiger partial charge in [-0.2, -0.15) is 0 Å². The number of furan rings is 1. The number of carboxylic acid groups (broad SMARTS) is 1. The van der Waals surface area contributed by atoms with Crippen LogP contribution in [0.15, 0.2) is 47.1 Å². The second-order valence-electron chi connectivity index (χ2n) is 9.80. The fourth-order valence-electron chi connectivity index (χ4n) is 5.47. The van der Waals surface area contributed by atoms with E-state index in [1.165, 1.54) is 6.07 Å². The average Bonchev–Trinajstić information content (AvgIpc) is 3.39. The highest BCUT2D eigenvalue weighted by Gasteiger charge is 2.32. The van der Waals surface area contributed by atoms with E-state index in [0.717, 1.165) is 16.5 Å². The van der Waals surface area contributed by atoms with Crippen LogP contribution in [0.1, 0.15) is 53.3 Å². The highest BCUT2D eigenvalue weighted by Crippen LogP contribution is 2.38. The number of carboxylic acids is 1. The Balaban J connectivity index is 1.25. The molecule has 0 aliphatic carbocycles. The smallest absolute Gasteiger partial charge is 0.338 e. The molecule has 1 aromatic heterocycles. The minimum Gasteiger partial charge on any atom is -0.478 e. The topological polar surface area (TPSA) is 91.1 Å². The van der Waals surface area contributed by atoms with Gasteiger partial charge in [0, 0.05) is 37.1 Å². The van der Waals surface area contributed by atoms with E-state index in [4.69, 9.17) is 50.8 Å². The fraction of sp³-hybridized carbons (Fsp3) is 0.207. The maximum Gasteiger partial charge on any atom is 0.338 e. The zero-order valence-corrected chi connectivity index (χ0v) is 23.8. The molecule has 0 unspecified atom stereocenters. The molecule has 3 aromatic carbocycles. The number of amides is 2. The van der Waals surface area contributed by atoms with Gasteiger partial charge in [0.05, 0.1) is 37.5 Å². The molecule has 0 saturated carbocycles. The van der Waals surface area contributed by atoms with Gasteiger partial charge >= 0.3 is 5.97 Å². The Morgan fingerprint density at radius 3 is 1.95 bits per heavy atom. The van der Waals surface area contributed by atoms with Crippen LogP contribution in [-0.4, -0.2) is 45.8 Å². The second kappa shape index (κ2) is 10.3. The summed E-state index contributed by atoms with van der Waals surface area (Å²) >= 11 is 26.0. The molecule has 40 heavy (non-hydrogen) atoms. The van der Waals surface area contributed by atoms with Crippen molar-refractivity contribution in [1.82, 2.24) is 9.80 Å². The van der Waals surface area contributed by atoms with E-state index in [0.29, 0.717) is 54.7 Å². The van der Waals surface area contributed by atoms with Gasteiger partial charge in [-0.05, 0) is 65.4 Å². The Bertz CT molecular complexity index is 1750. The van der Waals surface area contributed by atoms with E-state index < -0.39 is 5.97 Å². The van der Waals surface area contributed by atoms with Crippen LogP contribution in [0.5, 0.6) is 0 Å². The van der Waals surface area contributed by atoms with Gasteiger partial charge in [-0.1, -0.05) is 52.5 Å². The molecule has 2 amide bonds. The summed E-state index contributed by atoms with van der Waals surface area (Å²) in [7, 11) is 0. The molecule has 4 aromatic rings. The fourth-order valence-corrected chi connectivity index (χ4v) is 6.98. The van der Waals surface area contributed by atoms with E-state index in [2.05, 4.69) is 0 Å². The molecule has 11 heteroatoms. The Kier molecular flexibility index (Phi) is 6.95. The van der Waals surface area contributed by atoms with Gasteiger partial charge in [0.1, 0.15) is 5.58 Å². The van der Waals surface area contributed by atoms with E-state index in [-0.39, 0.29) is 49.6 Å². The first kappa shape index (κ1) is 27.0. The Hall–Kier alpha value is -3.23. The third-order valence-electron chi connectivity index (χ3n) is 7.51. The van der Waals surface area contributed by atoms with Gasteiger partial charge < -0.3 is 19.3 Å². The van der Waals surface area contributed by atoms with Crippen LogP contribution >= 0.6 is 46.4 Å². The minimum absolute atomic E-state index is 0.0126. The molecule has 1 N–H and O–H groups in total. The van der Waals surface area contributed by atoms with Gasteiger partial charge in [0.25, 0.3) is 11.8 Å². The van der Waals surface area contributed by atoms with Crippen molar-refractivity contribution in [2.45, 2.75) is 25.9 Å². The van der Waals surface area contributed by atoms with Crippen molar-refractivity contribution in [2.24, 2.45) is 0 Å². The van der Waals surface area contributed by atoms with Crippen LogP contribution in [0.2, 0.25) is 20.1 Å². The summed E-state index contributed by atoms with van der Waals surface area (Å²) in [6, 6.07) is 10.4. The molecular weight excluding hydrogens is 598 g/mol. The van der Waals surface area contributed by atoms with E-state index in [9.17, 15) is 19.5 Å². The Labute approximate surface area is 248 Å². The largest absolute Gasteiger partial charge is 0.478 e. The lowest BCUT2D eigenvalue weighted by Gasteiger charge is -2.33. The van der Waals surface area contributed by atoms with E-state index in [1.807, 2.05) is 12.1 Å². The molecule has 0 spiro atoms. The number of hydrogen-bond donors (Lipinski definition) is 1. The zero-order valence-electron chi connectivity index (χ0n) is 20.8. The summed E-state index contributed by atoms with van der Waals surface area (Å²) in [5.41, 5.74) is 4.13. The molecule has 0 radical (unpaired) electrons. The third kappa shape index (κ3) is 4.51. The molecule has 0 fully saturated rings. The molecule has 6 rings (SSSR count). The number of hydrogen-bond acceptors (Lipinski definition) is 4. The number of nitrogens with zero attached hydrogens (tertiary/aromatic N) is 2. The average molecular weight is 618 g/mol. The number of benzene rings is 3. The zero-order chi connectivity index (χ0) is 28.3. The van der Waals surface area contributed by atoms with Crippen molar-refractivity contribution in [3.63, 3.8) is 0 Å². The molecule has 0 saturated heterocycles. The number of fused-ring (bicyclic) bond motifs is 3. The van der Waals surface area contributed by atoms with Crippen molar-refractivity contribution in [3.05, 3.63) is 102 Å². The summed E-state index contributed by atoms with van der Waals surface area (Å²) in [4.78, 5) is 41.8. The lowest BCUT2D eigenvalue weighted by atomic mass is 9.94. The number of aromatic carboxylic acids is 1. The van der Waals surface area contributed by atoms with Gasteiger partial charge in [0.15, 0.2) is 0 Å². The third-order valence-corrected chi connectivity index (χ3v) is 8.95. The lowest BCUT2D eigenvalue weighted by molar-refractivity contribution is 0.0691. The second-order valence-corrected chi connectivity index (χ2v) is 11.4. The van der Waals surface area contributed by atoms with Crippen molar-refractivity contribution < 1.29 is 23.9 Å². The highest BCUT2D eigenvalue weighted by atomic mass is 35.5. The van der Waals surface area contributed by atoms with Crippen LogP contribution in [0.3, 0.4) is 0 Å². The maximum atomic E-state index is 13.6. The van der Waals surface area contributed by atoms with Crippen LogP contribution in [0.25, 0.3) is 11.0 Å². The summed E-state index contributed by atoms with van der Waals surface area (Å²) in [5, 5.41) is 10.9. The van der Waals surface area contributed by atoms with Crippen LogP contribution < -0.4 is 0 Å². The molecule has 3 heterocycles. The first-order valence-electron chi connectivity index (χ1n) is 12.4. The molecule has 7 nitrogen and oxygen atoms in total. The quantitative estimate of drug-likeness (QED) is 0.264. The number of halogens is 4. The van der Waals surface area contributed by atoms with E-state index in [1.54, 1.807) is 34.3 Å². The first-order valence-corrected chi connectivity index (χ1v) is 13.9. The predicted molar refractivity (Wildman–Crippen MR) is 153 cm³/mol. The standard InChI is InChI=1S/C29H20Cl4N2O5/c30-20-9-16-12-34(27(36)15-2-1-14-5-8-40-22(14)11-15)6-3-18(16)25(32)23(20)28(37)35-7-4-19-17(13-35)10-21(31)24(26(19)33)29(38)39/h1-2,5,8-11H,3-4,6-7,12-13H2,(H,38,39). The summed E-state index contributed by atoms with van der Waals surface area (Å²) in [5.74, 6) is -1.68. The minimum atomic E-state index is -1.21. The van der Waals surface area contributed by atoms with Gasteiger partial charge in [-0.15, -0.1) is 0 Å². The number of carbonyl (C=O) groups excluding carboxylic acids is 2. The maximum absolute atomic E-state index is 13.6. The summed E-state index contributed by atoms with van der Waals surface area (Å²) in [6.45, 7) is 1.22. The highest BCUT2D eigenvalue weighted by molar-refractivity contribution is 6.41. The monoisotopic (exact) mass is 616 g/mol. The normalized spacial score (nSPS) is 14.7. The first-order chi connectivity index (χ1) is 19.1. The SMILES string of the molecule is O=C(O)c1c(Cl)cc2c(c1Cl)CCN(C(=O)c1c(Cl)cc3c(c1Cl)CCN(C(=O)c1ccc4ccoc4c1)C3)C2. The van der Waals surface area contributed by atoms with Gasteiger partial charge in [-0.3, -0.25) is 9.59 Å². The van der Waals surface area contributed by atoms with Crippen LogP contribution in [0.4, 0.5) is 0 Å². The predicted octanol–water partition coefficient (Wildman–Crippen LogP) is 7.14. The lowest BCUT2D eigenvalue weighted by Crippen LogP contribution is -2.38. The van der Waals surface area contributed by atoms with E-state index >= 15 is 0 Å². The number of carbonyl (C=O) groups is 3. The Morgan fingerprint density at radius 1 is 0.750 bits per heavy atom. The molecule has 0 bridgehead atoms. The van der Waals surface area contributed by atoms with Crippen LogP contribution in [0, 0.1) is 0 Å². The molecular formula is C29H20Cl4N2O5. The van der Waals surface area contributed by atoms with Crippen molar-refractivity contribution in [3.8, 4) is 0 Å². The van der Waals surface area contributed by atoms with Crippen LogP contribution in [-0.2, 0) is 25.9 Å². The van der Waals surface area contributed by atoms with Gasteiger partial charge in [0.2, 0.25) is 0 Å². The van der Waals surface area contributed by atoms with Gasteiger partial charge in [-0.25, -0.2) is 4.79 Å². The van der Waals surface area contributed by atoms with Crippen molar-refractivity contribution >= 4 is 75.2 Å². The summed E-state index contributed by atoms with van der Waals surface area (Å²) < 4.78 is 5.44. The number of rotatable bonds is 3. The Morgan fingerprint density at radius 2 is 1.32 bits per heavy atom. The molecule has 2 aliphatic heterocycles. The summed E-state index contributed by atoms with van der Waals surface area (Å²) in [6.07, 6.45) is 2.41.